The fourth-order valence-corrected chi connectivity index (χ4v) is 3.74. The predicted molar refractivity (Wildman–Crippen MR) is 135 cm³/mol. The number of nitrogens with one attached hydrogen (secondary N) is 4. The number of hydrogen-bond donors (Lipinski definition) is 7. The standard InChI is InChI=1S/C22H37N7O6S/c1-4-12(2)18(29-19(31)14(23)9-13-10-25-11-26-13)21(33)27-15(5-6-17(24)30)20(32)28-16(22(34)35)7-8-36-3/h10-12,14-16,18H,4-9,23H2,1-3H3,(H2,24,30)(H,25,26)(H,27,33)(H,28,32)(H,29,31)(H,34,35). The number of amides is 4. The summed E-state index contributed by atoms with van der Waals surface area (Å²) in [7, 11) is 0. The highest BCUT2D eigenvalue weighted by Crippen LogP contribution is 2.11. The van der Waals surface area contributed by atoms with Crippen LogP contribution in [0.5, 0.6) is 0 Å². The van der Waals surface area contributed by atoms with Gasteiger partial charge in [0, 0.05) is 24.7 Å². The molecule has 36 heavy (non-hydrogen) atoms. The van der Waals surface area contributed by atoms with Gasteiger partial charge in [0.2, 0.25) is 23.6 Å². The van der Waals surface area contributed by atoms with Gasteiger partial charge in [0.25, 0.3) is 0 Å². The third-order valence-electron chi connectivity index (χ3n) is 5.66. The maximum Gasteiger partial charge on any atom is 0.326 e. The smallest absolute Gasteiger partial charge is 0.326 e. The van der Waals surface area contributed by atoms with E-state index >= 15 is 0 Å². The van der Waals surface area contributed by atoms with Crippen LogP contribution in [-0.4, -0.2) is 80.8 Å². The van der Waals surface area contributed by atoms with Gasteiger partial charge in [0.1, 0.15) is 18.1 Å². The summed E-state index contributed by atoms with van der Waals surface area (Å²) in [5.74, 6) is -3.71. The van der Waals surface area contributed by atoms with Crippen molar-refractivity contribution in [3.63, 3.8) is 0 Å². The minimum absolute atomic E-state index is 0.137. The molecule has 1 aromatic rings. The van der Waals surface area contributed by atoms with Gasteiger partial charge < -0.3 is 37.5 Å². The van der Waals surface area contributed by atoms with Crippen LogP contribution >= 0.6 is 11.8 Å². The minimum Gasteiger partial charge on any atom is -0.480 e. The molecule has 9 N–H and O–H groups in total. The van der Waals surface area contributed by atoms with Crippen molar-refractivity contribution in [2.45, 2.75) is 70.1 Å². The molecule has 0 aliphatic heterocycles. The summed E-state index contributed by atoms with van der Waals surface area (Å²) < 4.78 is 0. The van der Waals surface area contributed by atoms with Crippen LogP contribution < -0.4 is 27.4 Å². The summed E-state index contributed by atoms with van der Waals surface area (Å²) in [5, 5.41) is 17.0. The van der Waals surface area contributed by atoms with Crippen LogP contribution in [0.1, 0.15) is 45.2 Å². The molecule has 0 aromatic carbocycles. The van der Waals surface area contributed by atoms with Crippen molar-refractivity contribution in [1.29, 1.82) is 0 Å². The fraction of sp³-hybridized carbons (Fsp3) is 0.636. The number of H-pyrrole nitrogens is 1. The van der Waals surface area contributed by atoms with E-state index in [9.17, 15) is 29.1 Å². The monoisotopic (exact) mass is 527 g/mol. The number of nitrogens with two attached hydrogens (primary N) is 2. The van der Waals surface area contributed by atoms with Gasteiger partial charge in [0.15, 0.2) is 0 Å². The molecule has 0 fully saturated rings. The van der Waals surface area contributed by atoms with Gasteiger partial charge in [0.05, 0.1) is 12.4 Å². The first-order valence-corrected chi connectivity index (χ1v) is 13.0. The molecule has 1 aromatic heterocycles. The number of aromatic amines is 1. The normalized spacial score (nSPS) is 15.1. The van der Waals surface area contributed by atoms with Gasteiger partial charge in [-0.3, -0.25) is 19.2 Å². The van der Waals surface area contributed by atoms with E-state index in [1.165, 1.54) is 24.3 Å². The summed E-state index contributed by atoms with van der Waals surface area (Å²) in [6, 6.07) is -4.37. The van der Waals surface area contributed by atoms with E-state index in [-0.39, 0.29) is 31.6 Å². The Balaban J connectivity index is 2.98. The molecule has 202 valence electrons. The van der Waals surface area contributed by atoms with Crippen LogP contribution in [-0.2, 0) is 30.4 Å². The van der Waals surface area contributed by atoms with Crippen molar-refractivity contribution in [3.05, 3.63) is 18.2 Å². The number of primary amides is 1. The van der Waals surface area contributed by atoms with E-state index < -0.39 is 53.8 Å². The molecule has 13 nitrogen and oxygen atoms in total. The number of aliphatic carboxylic acids is 1. The number of hydrogen-bond acceptors (Lipinski definition) is 8. The average molecular weight is 528 g/mol. The first kappa shape index (κ1) is 30.9. The Hall–Kier alpha value is -3.13. The van der Waals surface area contributed by atoms with E-state index in [4.69, 9.17) is 11.5 Å². The highest BCUT2D eigenvalue weighted by Gasteiger charge is 2.32. The molecule has 0 saturated heterocycles. The molecule has 14 heteroatoms. The number of nitrogens with zero attached hydrogens (tertiary/aromatic N) is 1. The zero-order valence-electron chi connectivity index (χ0n) is 20.8. The molecular weight excluding hydrogens is 490 g/mol. The molecule has 4 amide bonds. The number of imidazole rings is 1. The molecule has 0 aliphatic rings. The Kier molecular flexibility index (Phi) is 13.5. The molecule has 1 heterocycles. The summed E-state index contributed by atoms with van der Waals surface area (Å²) >= 11 is 1.42. The van der Waals surface area contributed by atoms with Crippen molar-refractivity contribution < 1.29 is 29.1 Å². The van der Waals surface area contributed by atoms with Crippen molar-refractivity contribution in [2.24, 2.45) is 17.4 Å². The Morgan fingerprint density at radius 2 is 1.75 bits per heavy atom. The van der Waals surface area contributed by atoms with Gasteiger partial charge in [-0.2, -0.15) is 11.8 Å². The second-order valence-corrected chi connectivity index (χ2v) is 9.49. The Morgan fingerprint density at radius 1 is 1.08 bits per heavy atom. The van der Waals surface area contributed by atoms with Gasteiger partial charge in [-0.25, -0.2) is 9.78 Å². The fourth-order valence-electron chi connectivity index (χ4n) is 3.27. The van der Waals surface area contributed by atoms with E-state index in [2.05, 4.69) is 25.9 Å². The van der Waals surface area contributed by atoms with Crippen LogP contribution in [0.25, 0.3) is 0 Å². The van der Waals surface area contributed by atoms with E-state index in [0.29, 0.717) is 17.9 Å². The van der Waals surface area contributed by atoms with Crippen molar-refractivity contribution >= 4 is 41.4 Å². The van der Waals surface area contributed by atoms with Crippen molar-refractivity contribution in [3.8, 4) is 0 Å². The Labute approximate surface area is 214 Å². The van der Waals surface area contributed by atoms with E-state index in [0.717, 1.165) is 0 Å². The molecule has 5 atom stereocenters. The van der Waals surface area contributed by atoms with Crippen LogP contribution in [0.4, 0.5) is 0 Å². The summed E-state index contributed by atoms with van der Waals surface area (Å²) in [6.07, 6.45) is 5.34. The molecule has 0 bridgehead atoms. The zero-order chi connectivity index (χ0) is 27.3. The lowest BCUT2D eigenvalue weighted by atomic mass is 9.96. The number of rotatable bonds is 17. The van der Waals surface area contributed by atoms with Gasteiger partial charge in [-0.15, -0.1) is 0 Å². The lowest BCUT2D eigenvalue weighted by Gasteiger charge is -2.28. The van der Waals surface area contributed by atoms with Crippen molar-refractivity contribution in [1.82, 2.24) is 25.9 Å². The molecule has 0 spiro atoms. The summed E-state index contributed by atoms with van der Waals surface area (Å²) in [4.78, 5) is 68.3. The van der Waals surface area contributed by atoms with Crippen LogP contribution in [0.15, 0.2) is 12.5 Å². The summed E-state index contributed by atoms with van der Waals surface area (Å²) in [5.41, 5.74) is 11.9. The maximum atomic E-state index is 13.2. The van der Waals surface area contributed by atoms with Gasteiger partial charge >= 0.3 is 5.97 Å². The number of carbonyl (C=O) groups is 5. The average Bonchev–Trinajstić information content (AvgIpc) is 3.34. The molecule has 5 unspecified atom stereocenters. The van der Waals surface area contributed by atoms with Crippen LogP contribution in [0, 0.1) is 5.92 Å². The minimum atomic E-state index is -1.23. The first-order chi connectivity index (χ1) is 17.0. The maximum absolute atomic E-state index is 13.2. The van der Waals surface area contributed by atoms with Gasteiger partial charge in [-0.1, -0.05) is 20.3 Å². The highest BCUT2D eigenvalue weighted by atomic mass is 32.2. The number of aromatic nitrogens is 2. The SMILES string of the molecule is CCC(C)C(NC(=O)C(N)Cc1cnc[nH]1)C(=O)NC(CCC(N)=O)C(=O)NC(CCSC)C(=O)O. The number of thioether (sulfide) groups is 1. The summed E-state index contributed by atoms with van der Waals surface area (Å²) in [6.45, 7) is 3.59. The predicted octanol–water partition coefficient (Wildman–Crippen LogP) is -1.12. The first-order valence-electron chi connectivity index (χ1n) is 11.6. The third kappa shape index (κ3) is 10.6. The molecule has 0 saturated carbocycles. The second kappa shape index (κ2) is 15.8. The molecule has 0 radical (unpaired) electrons. The zero-order valence-corrected chi connectivity index (χ0v) is 21.6. The number of carbonyl (C=O) groups excluding carboxylic acids is 4. The van der Waals surface area contributed by atoms with Crippen molar-refractivity contribution in [2.75, 3.05) is 12.0 Å². The van der Waals surface area contributed by atoms with E-state index in [1.807, 2.05) is 6.92 Å². The van der Waals surface area contributed by atoms with Gasteiger partial charge in [-0.05, 0) is 30.8 Å². The largest absolute Gasteiger partial charge is 0.480 e. The molecular formula is C22H37N7O6S. The third-order valence-corrected chi connectivity index (χ3v) is 6.31. The Morgan fingerprint density at radius 3 is 2.28 bits per heavy atom. The lowest BCUT2D eigenvalue weighted by molar-refractivity contribution is -0.142. The molecule has 1 rings (SSSR count). The quantitative estimate of drug-likeness (QED) is 0.130. The topological polar surface area (TPSA) is 222 Å². The van der Waals surface area contributed by atoms with Crippen LogP contribution in [0.2, 0.25) is 0 Å². The second-order valence-electron chi connectivity index (χ2n) is 8.51. The van der Waals surface area contributed by atoms with E-state index in [1.54, 1.807) is 13.2 Å². The highest BCUT2D eigenvalue weighted by molar-refractivity contribution is 7.98. The Bertz CT molecular complexity index is 882. The molecule has 0 aliphatic carbocycles. The lowest BCUT2D eigenvalue weighted by Crippen LogP contribution is -2.59. The number of carboxylic acids is 1. The number of carboxylic acid groups (broad SMARTS) is 1. The van der Waals surface area contributed by atoms with Crippen LogP contribution in [0.3, 0.4) is 0 Å².